The minimum atomic E-state index is -0.707. The second-order valence-corrected chi connectivity index (χ2v) is 5.83. The van der Waals surface area contributed by atoms with E-state index in [-0.39, 0.29) is 5.92 Å². The molecule has 0 atom stereocenters. The molecule has 0 aliphatic carbocycles. The number of ether oxygens (including phenoxy) is 2. The van der Waals surface area contributed by atoms with Gasteiger partial charge >= 0.3 is 5.97 Å². The van der Waals surface area contributed by atoms with E-state index in [9.17, 15) is 4.79 Å². The predicted octanol–water partition coefficient (Wildman–Crippen LogP) is 2.19. The maximum atomic E-state index is 10.8. The first-order valence-electron chi connectivity index (χ1n) is 7.81. The van der Waals surface area contributed by atoms with Gasteiger partial charge in [-0.25, -0.2) is 4.98 Å². The van der Waals surface area contributed by atoms with E-state index in [0.29, 0.717) is 25.6 Å². The molecule has 1 saturated heterocycles. The van der Waals surface area contributed by atoms with Crippen molar-refractivity contribution in [2.75, 3.05) is 20.2 Å². The summed E-state index contributed by atoms with van der Waals surface area (Å²) in [5.74, 6) is 0.417. The zero-order chi connectivity index (χ0) is 16.9. The molecule has 1 N–H and O–H groups in total. The number of pyridine rings is 1. The van der Waals surface area contributed by atoms with E-state index < -0.39 is 5.97 Å². The van der Waals surface area contributed by atoms with Crippen molar-refractivity contribution in [1.82, 2.24) is 9.88 Å². The summed E-state index contributed by atoms with van der Waals surface area (Å²) in [5.41, 5.74) is 1.95. The van der Waals surface area contributed by atoms with Gasteiger partial charge in [-0.05, 0) is 23.8 Å². The third-order valence-electron chi connectivity index (χ3n) is 4.01. The molecule has 2 heterocycles. The van der Waals surface area contributed by atoms with Gasteiger partial charge < -0.3 is 14.6 Å². The number of hydrogen-bond acceptors (Lipinski definition) is 5. The van der Waals surface area contributed by atoms with Crippen LogP contribution >= 0.6 is 0 Å². The van der Waals surface area contributed by atoms with Crippen LogP contribution < -0.4 is 9.47 Å². The van der Waals surface area contributed by atoms with Crippen LogP contribution in [0, 0.1) is 5.92 Å². The molecule has 0 bridgehead atoms. The molecule has 6 heteroatoms. The predicted molar refractivity (Wildman–Crippen MR) is 88.0 cm³/mol. The summed E-state index contributed by atoms with van der Waals surface area (Å²) in [6.07, 6.45) is 0. The number of benzene rings is 1. The molecule has 0 saturated carbocycles. The number of carboxylic acids is 1. The Hall–Kier alpha value is -2.60. The number of rotatable bonds is 7. The summed E-state index contributed by atoms with van der Waals surface area (Å²) in [5, 5.41) is 8.88. The number of likely N-dealkylation sites (tertiary alicyclic amines) is 1. The summed E-state index contributed by atoms with van der Waals surface area (Å²) in [4.78, 5) is 17.2. The molecular formula is C18H20N2O4. The van der Waals surface area contributed by atoms with Gasteiger partial charge in [0.05, 0.1) is 18.7 Å². The van der Waals surface area contributed by atoms with Crippen LogP contribution in [0.15, 0.2) is 42.5 Å². The first-order chi connectivity index (χ1) is 11.6. The lowest BCUT2D eigenvalue weighted by molar-refractivity contribution is -0.147. The molecule has 1 fully saturated rings. The number of carboxylic acid groups (broad SMARTS) is 1. The van der Waals surface area contributed by atoms with Crippen LogP contribution in [0.3, 0.4) is 0 Å². The summed E-state index contributed by atoms with van der Waals surface area (Å²) < 4.78 is 10.8. The zero-order valence-electron chi connectivity index (χ0n) is 13.5. The third-order valence-corrected chi connectivity index (χ3v) is 4.01. The van der Waals surface area contributed by atoms with Crippen LogP contribution in [0.4, 0.5) is 0 Å². The van der Waals surface area contributed by atoms with Crippen LogP contribution in [0.5, 0.6) is 11.6 Å². The Morgan fingerprint density at radius 1 is 1.25 bits per heavy atom. The molecule has 1 aromatic carbocycles. The fourth-order valence-corrected chi connectivity index (χ4v) is 2.61. The molecular weight excluding hydrogens is 308 g/mol. The van der Waals surface area contributed by atoms with E-state index in [1.165, 1.54) is 0 Å². The third kappa shape index (κ3) is 4.02. The number of carbonyl (C=O) groups is 1. The lowest BCUT2D eigenvalue weighted by Gasteiger charge is -2.36. The number of nitrogens with zero attached hydrogens (tertiary/aromatic N) is 2. The van der Waals surface area contributed by atoms with Gasteiger partial charge in [-0.2, -0.15) is 0 Å². The number of aromatic nitrogens is 1. The van der Waals surface area contributed by atoms with Gasteiger partial charge in [0.25, 0.3) is 0 Å². The average Bonchev–Trinajstić information content (AvgIpc) is 2.56. The van der Waals surface area contributed by atoms with Crippen molar-refractivity contribution >= 4 is 5.97 Å². The molecule has 2 aromatic rings. The van der Waals surface area contributed by atoms with Gasteiger partial charge in [0.15, 0.2) is 0 Å². The average molecular weight is 328 g/mol. The molecule has 0 radical (unpaired) electrons. The molecule has 1 aliphatic heterocycles. The maximum Gasteiger partial charge on any atom is 0.309 e. The molecule has 1 aliphatic rings. The summed E-state index contributed by atoms with van der Waals surface area (Å²) in [7, 11) is 1.59. The molecule has 0 unspecified atom stereocenters. The molecule has 0 spiro atoms. The lowest BCUT2D eigenvalue weighted by Crippen LogP contribution is -2.49. The van der Waals surface area contributed by atoms with Gasteiger partial charge in [-0.1, -0.05) is 18.2 Å². The molecule has 0 amide bonds. The Balaban J connectivity index is 1.49. The topological polar surface area (TPSA) is 71.9 Å². The Kier molecular flexibility index (Phi) is 4.96. The Morgan fingerprint density at radius 2 is 2.00 bits per heavy atom. The van der Waals surface area contributed by atoms with E-state index in [0.717, 1.165) is 23.6 Å². The summed E-state index contributed by atoms with van der Waals surface area (Å²) in [6.45, 7) is 2.38. The van der Waals surface area contributed by atoms with E-state index >= 15 is 0 Å². The summed E-state index contributed by atoms with van der Waals surface area (Å²) >= 11 is 0. The van der Waals surface area contributed by atoms with E-state index in [1.54, 1.807) is 13.2 Å². The highest BCUT2D eigenvalue weighted by Gasteiger charge is 2.31. The van der Waals surface area contributed by atoms with Gasteiger partial charge in [-0.15, -0.1) is 0 Å². The van der Waals surface area contributed by atoms with Crippen LogP contribution in [0.2, 0.25) is 0 Å². The van der Waals surface area contributed by atoms with Gasteiger partial charge in [0.1, 0.15) is 12.4 Å². The van der Waals surface area contributed by atoms with Gasteiger partial charge in [0, 0.05) is 25.7 Å². The Morgan fingerprint density at radius 3 is 2.67 bits per heavy atom. The van der Waals surface area contributed by atoms with Crippen molar-refractivity contribution < 1.29 is 19.4 Å². The van der Waals surface area contributed by atoms with Crippen molar-refractivity contribution in [3.05, 3.63) is 53.7 Å². The first-order valence-corrected chi connectivity index (χ1v) is 7.81. The van der Waals surface area contributed by atoms with Crippen molar-refractivity contribution in [2.45, 2.75) is 13.2 Å². The standard InChI is InChI=1S/C18H20N2O4/c1-23-17-4-2-3-15(19-17)12-24-16-7-5-13(6-8-16)9-20-10-14(11-20)18(21)22/h2-8,14H,9-12H2,1H3,(H,21,22). The molecule has 6 nitrogen and oxygen atoms in total. The lowest BCUT2D eigenvalue weighted by atomic mass is 10.00. The van der Waals surface area contributed by atoms with Crippen LogP contribution in [-0.2, 0) is 17.9 Å². The normalized spacial score (nSPS) is 14.9. The highest BCUT2D eigenvalue weighted by Crippen LogP contribution is 2.20. The van der Waals surface area contributed by atoms with E-state index in [2.05, 4.69) is 9.88 Å². The molecule has 126 valence electrons. The zero-order valence-corrected chi connectivity index (χ0v) is 13.5. The van der Waals surface area contributed by atoms with E-state index in [1.807, 2.05) is 36.4 Å². The van der Waals surface area contributed by atoms with Crippen LogP contribution in [0.1, 0.15) is 11.3 Å². The fraction of sp³-hybridized carbons (Fsp3) is 0.333. The first kappa shape index (κ1) is 16.3. The molecule has 24 heavy (non-hydrogen) atoms. The Bertz CT molecular complexity index is 696. The smallest absolute Gasteiger partial charge is 0.309 e. The van der Waals surface area contributed by atoms with E-state index in [4.69, 9.17) is 14.6 Å². The fourth-order valence-electron chi connectivity index (χ4n) is 2.61. The number of methoxy groups -OCH3 is 1. The van der Waals surface area contributed by atoms with Crippen molar-refractivity contribution in [3.63, 3.8) is 0 Å². The largest absolute Gasteiger partial charge is 0.487 e. The van der Waals surface area contributed by atoms with Crippen LogP contribution in [-0.4, -0.2) is 41.2 Å². The minimum Gasteiger partial charge on any atom is -0.487 e. The quantitative estimate of drug-likeness (QED) is 0.840. The van der Waals surface area contributed by atoms with Crippen LogP contribution in [0.25, 0.3) is 0 Å². The van der Waals surface area contributed by atoms with Gasteiger partial charge in [-0.3, -0.25) is 9.69 Å². The van der Waals surface area contributed by atoms with Crippen molar-refractivity contribution in [2.24, 2.45) is 5.92 Å². The molecule has 1 aromatic heterocycles. The number of aliphatic carboxylic acids is 1. The van der Waals surface area contributed by atoms with Crippen molar-refractivity contribution in [1.29, 1.82) is 0 Å². The monoisotopic (exact) mass is 328 g/mol. The molecule has 3 rings (SSSR count). The number of hydrogen-bond donors (Lipinski definition) is 1. The maximum absolute atomic E-state index is 10.8. The second-order valence-electron chi connectivity index (χ2n) is 5.83. The highest BCUT2D eigenvalue weighted by molar-refractivity contribution is 5.71. The van der Waals surface area contributed by atoms with Crippen molar-refractivity contribution in [3.8, 4) is 11.6 Å². The van der Waals surface area contributed by atoms with Gasteiger partial charge in [0.2, 0.25) is 5.88 Å². The summed E-state index contributed by atoms with van der Waals surface area (Å²) in [6, 6.07) is 13.4. The minimum absolute atomic E-state index is 0.219. The second kappa shape index (κ2) is 7.31. The highest BCUT2D eigenvalue weighted by atomic mass is 16.5. The Labute approximate surface area is 140 Å². The SMILES string of the molecule is COc1cccc(COc2ccc(CN3CC(C(=O)O)C3)cc2)n1.